The van der Waals surface area contributed by atoms with Crippen molar-refractivity contribution in [2.45, 2.75) is 38.0 Å². The predicted molar refractivity (Wildman–Crippen MR) is 76.9 cm³/mol. The molecule has 1 heterocycles. The lowest BCUT2D eigenvalue weighted by atomic mass is 10.1. The van der Waals surface area contributed by atoms with Crippen LogP contribution in [0.5, 0.6) is 0 Å². The van der Waals surface area contributed by atoms with Crippen LogP contribution < -0.4 is 5.32 Å². The number of hydrogen-bond donors (Lipinski definition) is 2. The summed E-state index contributed by atoms with van der Waals surface area (Å²) in [7, 11) is -1.37. The van der Waals surface area contributed by atoms with Gasteiger partial charge in [-0.3, -0.25) is 13.8 Å². The first-order chi connectivity index (χ1) is 9.92. The molecular formula is C14H19NO5S. The van der Waals surface area contributed by atoms with Crippen molar-refractivity contribution in [2.24, 2.45) is 5.41 Å². The van der Waals surface area contributed by atoms with Crippen LogP contribution in [-0.2, 0) is 26.9 Å². The third-order valence-electron chi connectivity index (χ3n) is 3.71. The Kier molecular flexibility index (Phi) is 4.82. The molecule has 2 atom stereocenters. The van der Waals surface area contributed by atoms with Crippen LogP contribution in [0.2, 0.25) is 0 Å². The van der Waals surface area contributed by atoms with Crippen molar-refractivity contribution in [2.75, 3.05) is 5.75 Å². The van der Waals surface area contributed by atoms with Crippen LogP contribution in [0.3, 0.4) is 0 Å². The summed E-state index contributed by atoms with van der Waals surface area (Å²) in [4.78, 5) is 22.7. The van der Waals surface area contributed by atoms with E-state index < -0.39 is 22.0 Å². The SMILES string of the molecule is CC(C(=O)NCc1ccco1)S(=O)CC1(CC(=O)O)CC1. The van der Waals surface area contributed by atoms with E-state index in [1.54, 1.807) is 19.1 Å². The molecule has 0 bridgehead atoms. The van der Waals surface area contributed by atoms with Crippen molar-refractivity contribution in [3.63, 3.8) is 0 Å². The van der Waals surface area contributed by atoms with E-state index in [0.29, 0.717) is 5.76 Å². The number of hydrogen-bond acceptors (Lipinski definition) is 4. The molecule has 2 rings (SSSR count). The second-order valence-electron chi connectivity index (χ2n) is 5.53. The third-order valence-corrected chi connectivity index (χ3v) is 5.61. The fourth-order valence-corrected chi connectivity index (χ4v) is 3.71. The molecule has 1 aliphatic rings. The van der Waals surface area contributed by atoms with Crippen molar-refractivity contribution in [1.82, 2.24) is 5.32 Å². The zero-order valence-corrected chi connectivity index (χ0v) is 12.6. The molecule has 0 spiro atoms. The van der Waals surface area contributed by atoms with Crippen LogP contribution in [0.25, 0.3) is 0 Å². The lowest BCUT2D eigenvalue weighted by Crippen LogP contribution is -2.37. The summed E-state index contributed by atoms with van der Waals surface area (Å²) in [5.41, 5.74) is -0.369. The fraction of sp³-hybridized carbons (Fsp3) is 0.571. The molecule has 21 heavy (non-hydrogen) atoms. The van der Waals surface area contributed by atoms with Crippen molar-refractivity contribution in [3.8, 4) is 0 Å². The highest BCUT2D eigenvalue weighted by atomic mass is 32.2. The highest BCUT2D eigenvalue weighted by Crippen LogP contribution is 2.49. The standard InChI is InChI=1S/C14H19NO5S/c1-10(13(18)15-8-11-3-2-6-20-11)21(19)9-14(4-5-14)7-12(16)17/h2-3,6,10H,4-5,7-9H2,1H3,(H,15,18)(H,16,17). The summed E-state index contributed by atoms with van der Waals surface area (Å²) in [6.07, 6.45) is 3.09. The first kappa shape index (κ1) is 15.8. The van der Waals surface area contributed by atoms with Crippen molar-refractivity contribution in [1.29, 1.82) is 0 Å². The van der Waals surface area contributed by atoms with Crippen molar-refractivity contribution < 1.29 is 23.3 Å². The zero-order chi connectivity index (χ0) is 15.5. The highest BCUT2D eigenvalue weighted by Gasteiger charge is 2.46. The van der Waals surface area contributed by atoms with Crippen molar-refractivity contribution in [3.05, 3.63) is 24.2 Å². The van der Waals surface area contributed by atoms with Gasteiger partial charge < -0.3 is 14.8 Å². The van der Waals surface area contributed by atoms with Gasteiger partial charge in [-0.1, -0.05) is 0 Å². The van der Waals surface area contributed by atoms with Gasteiger partial charge in [0.1, 0.15) is 11.0 Å². The largest absolute Gasteiger partial charge is 0.481 e. The van der Waals surface area contributed by atoms with Gasteiger partial charge in [-0.15, -0.1) is 0 Å². The van der Waals surface area contributed by atoms with E-state index >= 15 is 0 Å². The van der Waals surface area contributed by atoms with Crippen LogP contribution in [0.15, 0.2) is 22.8 Å². The minimum Gasteiger partial charge on any atom is -0.481 e. The van der Waals surface area contributed by atoms with Crippen LogP contribution >= 0.6 is 0 Å². The van der Waals surface area contributed by atoms with Crippen LogP contribution in [0.4, 0.5) is 0 Å². The molecule has 6 nitrogen and oxygen atoms in total. The quantitative estimate of drug-likeness (QED) is 0.754. The molecule has 1 saturated carbocycles. The number of carbonyl (C=O) groups excluding carboxylic acids is 1. The molecule has 116 valence electrons. The van der Waals surface area contributed by atoms with E-state index in [1.165, 1.54) is 6.26 Å². The second-order valence-corrected chi connectivity index (χ2v) is 7.29. The molecule has 2 N–H and O–H groups in total. The molecule has 1 amide bonds. The predicted octanol–water partition coefficient (Wildman–Crippen LogP) is 1.29. The summed E-state index contributed by atoms with van der Waals surface area (Å²) in [5, 5.41) is 10.9. The Hall–Kier alpha value is -1.63. The molecule has 1 aromatic heterocycles. The number of furan rings is 1. The Bertz CT molecular complexity index is 536. The fourth-order valence-electron chi connectivity index (χ4n) is 2.15. The second kappa shape index (κ2) is 6.43. The molecule has 2 unspecified atom stereocenters. The van der Waals surface area contributed by atoms with Crippen LogP contribution in [0.1, 0.15) is 31.9 Å². The van der Waals surface area contributed by atoms with E-state index in [0.717, 1.165) is 12.8 Å². The average molecular weight is 313 g/mol. The Morgan fingerprint density at radius 3 is 2.76 bits per heavy atom. The molecule has 0 saturated heterocycles. The van der Waals surface area contributed by atoms with Gasteiger partial charge in [0.15, 0.2) is 0 Å². The van der Waals surface area contributed by atoms with E-state index in [2.05, 4.69) is 5.32 Å². The number of rotatable bonds is 8. The number of carbonyl (C=O) groups is 2. The lowest BCUT2D eigenvalue weighted by Gasteiger charge is -2.16. The maximum absolute atomic E-state index is 12.2. The first-order valence-corrected chi connectivity index (χ1v) is 8.19. The zero-order valence-electron chi connectivity index (χ0n) is 11.8. The van der Waals surface area contributed by atoms with Gasteiger partial charge in [-0.25, -0.2) is 0 Å². The molecule has 1 aromatic rings. The van der Waals surface area contributed by atoms with E-state index in [1.807, 2.05) is 0 Å². The van der Waals surface area contributed by atoms with Gasteiger partial charge >= 0.3 is 5.97 Å². The smallest absolute Gasteiger partial charge is 0.303 e. The Balaban J connectivity index is 1.81. The van der Waals surface area contributed by atoms with Crippen LogP contribution in [-0.4, -0.2) is 32.2 Å². The highest BCUT2D eigenvalue weighted by molar-refractivity contribution is 7.86. The first-order valence-electron chi connectivity index (χ1n) is 6.81. The van der Waals surface area contributed by atoms with Crippen molar-refractivity contribution >= 4 is 22.7 Å². The summed E-state index contributed by atoms with van der Waals surface area (Å²) in [6.45, 7) is 1.86. The van der Waals surface area contributed by atoms with Gasteiger partial charge in [-0.2, -0.15) is 0 Å². The summed E-state index contributed by atoms with van der Waals surface area (Å²) >= 11 is 0. The molecular weight excluding hydrogens is 294 g/mol. The minimum absolute atomic E-state index is 0.0273. The van der Waals surface area contributed by atoms with E-state index in [4.69, 9.17) is 9.52 Å². The topological polar surface area (TPSA) is 96.6 Å². The number of amides is 1. The number of nitrogens with one attached hydrogen (secondary N) is 1. The Morgan fingerprint density at radius 1 is 1.52 bits per heavy atom. The van der Waals surface area contributed by atoms with E-state index in [9.17, 15) is 13.8 Å². The molecule has 1 fully saturated rings. The number of carboxylic acid groups (broad SMARTS) is 1. The van der Waals surface area contributed by atoms with Gasteiger partial charge in [0, 0.05) is 16.6 Å². The number of carboxylic acids is 1. The van der Waals surface area contributed by atoms with Gasteiger partial charge in [0.05, 0.1) is 19.2 Å². The maximum atomic E-state index is 12.2. The Morgan fingerprint density at radius 2 is 2.24 bits per heavy atom. The van der Waals surface area contributed by atoms with E-state index in [-0.39, 0.29) is 30.0 Å². The van der Waals surface area contributed by atoms with Gasteiger partial charge in [0.25, 0.3) is 0 Å². The van der Waals surface area contributed by atoms with Gasteiger partial charge in [0.2, 0.25) is 5.91 Å². The minimum atomic E-state index is -1.37. The normalized spacial score (nSPS) is 18.7. The number of aliphatic carboxylic acids is 1. The average Bonchev–Trinajstić information content (AvgIpc) is 2.96. The Labute approximate surface area is 125 Å². The molecule has 0 aliphatic heterocycles. The van der Waals surface area contributed by atoms with Crippen LogP contribution in [0, 0.1) is 5.41 Å². The third kappa shape index (κ3) is 4.42. The maximum Gasteiger partial charge on any atom is 0.303 e. The molecule has 0 aromatic carbocycles. The van der Waals surface area contributed by atoms with Gasteiger partial charge in [-0.05, 0) is 37.3 Å². The summed E-state index contributed by atoms with van der Waals surface area (Å²) in [5.74, 6) is -0.282. The molecule has 7 heteroatoms. The summed E-state index contributed by atoms with van der Waals surface area (Å²) in [6, 6.07) is 3.47. The summed E-state index contributed by atoms with van der Waals surface area (Å²) < 4.78 is 17.3. The molecule has 1 aliphatic carbocycles. The lowest BCUT2D eigenvalue weighted by molar-refractivity contribution is -0.138. The monoisotopic (exact) mass is 313 g/mol. The molecule has 0 radical (unpaired) electrons.